The van der Waals surface area contributed by atoms with Crippen LogP contribution in [0.25, 0.3) is 11.1 Å². The molecule has 0 bridgehead atoms. The van der Waals surface area contributed by atoms with Crippen LogP contribution < -0.4 is 10.6 Å². The van der Waals surface area contributed by atoms with Crippen molar-refractivity contribution < 1.29 is 46.1 Å². The summed E-state index contributed by atoms with van der Waals surface area (Å²) in [6.45, 7) is 11.4. The van der Waals surface area contributed by atoms with Gasteiger partial charge in [-0.15, -0.1) is 0 Å². The maximum atomic E-state index is 14.8. The van der Waals surface area contributed by atoms with Crippen LogP contribution in [0.1, 0.15) is 99.1 Å². The van der Waals surface area contributed by atoms with Crippen molar-refractivity contribution in [3.8, 4) is 22.6 Å². The molecule has 0 saturated carbocycles. The molecule has 53 heavy (non-hydrogen) atoms. The number of hydrogen-bond acceptors (Lipinski definition) is 5. The molecule has 4 aromatic rings. The Balaban J connectivity index is 1.61. The van der Waals surface area contributed by atoms with E-state index in [1.807, 2.05) is 20.8 Å². The summed E-state index contributed by atoms with van der Waals surface area (Å²) in [6, 6.07) is 15.4. The maximum absolute atomic E-state index is 14.8. The molecule has 0 spiro atoms. The number of anilines is 2. The summed E-state index contributed by atoms with van der Waals surface area (Å²) in [7, 11) is 0. The molecule has 0 heterocycles. The molecule has 0 fully saturated rings. The molecule has 0 aromatic heterocycles. The van der Waals surface area contributed by atoms with Gasteiger partial charge >= 0.3 is 12.4 Å². The lowest BCUT2D eigenvalue weighted by Crippen LogP contribution is -2.54. The summed E-state index contributed by atoms with van der Waals surface area (Å²) >= 11 is 0. The van der Waals surface area contributed by atoms with E-state index in [1.165, 1.54) is 18.2 Å². The van der Waals surface area contributed by atoms with Crippen LogP contribution in [0.4, 0.5) is 37.7 Å². The number of hydrogen-bond donors (Lipinski definition) is 4. The Morgan fingerprint density at radius 3 is 1.38 bits per heavy atom. The third-order valence-electron chi connectivity index (χ3n) is 10.7. The number of carbonyl (C=O) groups excluding carboxylic acids is 2. The molecule has 284 valence electrons. The van der Waals surface area contributed by atoms with Gasteiger partial charge in [0.2, 0.25) is 5.41 Å². The number of carbonyl (C=O) groups is 2. The van der Waals surface area contributed by atoms with Gasteiger partial charge in [0, 0.05) is 22.1 Å². The number of alkyl halides is 6. The second-order valence-corrected chi connectivity index (χ2v) is 13.8. The van der Waals surface area contributed by atoms with Gasteiger partial charge in [0.15, 0.2) is 5.78 Å². The summed E-state index contributed by atoms with van der Waals surface area (Å²) in [5, 5.41) is 27.1. The lowest BCUT2D eigenvalue weighted by Gasteiger charge is -2.38. The van der Waals surface area contributed by atoms with Gasteiger partial charge < -0.3 is 20.8 Å². The quantitative estimate of drug-likeness (QED) is 0.0621. The van der Waals surface area contributed by atoms with E-state index in [9.17, 15) is 46.1 Å². The topological polar surface area (TPSA) is 98.7 Å². The van der Waals surface area contributed by atoms with Gasteiger partial charge in [0.05, 0.1) is 11.4 Å². The molecule has 4 rings (SSSR count). The lowest BCUT2D eigenvalue weighted by atomic mass is 9.72. The number of Topliss-reactive ketones (excluding diaryl/α,β-unsaturated/α-hetero) is 1. The number of phenolic OH excluding ortho intramolecular Hbond substituents is 2. The normalized spacial score (nSPS) is 12.8. The predicted molar refractivity (Wildman–Crippen MR) is 195 cm³/mol. The average molecular weight is 743 g/mol. The first-order valence-corrected chi connectivity index (χ1v) is 17.4. The van der Waals surface area contributed by atoms with Gasteiger partial charge in [-0.2, -0.15) is 26.3 Å². The standard InChI is InChI=1S/C41H44F6N2O4/c1-7-37(5,8-2)35(52)25-11-17-29(18-12-25)39(40(42,43)44,41(45,46)47)30-19-13-26(14-20-30)36(53)48-31-21-15-27(23-33(31)50)28-16-22-32(34(51)24-28)49-38(6,9-3)10-4/h11-24,49-51H,7-10H2,1-6H3,(H,48,53). The van der Waals surface area contributed by atoms with E-state index < -0.39 is 40.2 Å². The van der Waals surface area contributed by atoms with Crippen molar-refractivity contribution in [2.45, 2.75) is 90.5 Å². The number of amides is 1. The molecule has 1 amide bonds. The summed E-state index contributed by atoms with van der Waals surface area (Å²) in [6.07, 6.45) is -9.22. The number of benzene rings is 4. The summed E-state index contributed by atoms with van der Waals surface area (Å²) in [5.74, 6) is -1.66. The van der Waals surface area contributed by atoms with Crippen molar-refractivity contribution >= 4 is 23.1 Å². The highest BCUT2D eigenvalue weighted by Crippen LogP contribution is 2.56. The van der Waals surface area contributed by atoms with E-state index in [1.54, 1.807) is 39.0 Å². The van der Waals surface area contributed by atoms with Crippen LogP contribution in [-0.2, 0) is 5.41 Å². The molecule has 4 aromatic carbocycles. The van der Waals surface area contributed by atoms with Crippen LogP contribution in [0.2, 0.25) is 0 Å². The molecule has 0 unspecified atom stereocenters. The first-order chi connectivity index (χ1) is 24.7. The molecule has 0 saturated heterocycles. The number of ketones is 1. The van der Waals surface area contributed by atoms with E-state index in [0.717, 1.165) is 37.1 Å². The molecule has 0 aliphatic carbocycles. The number of aromatic hydroxyl groups is 2. The number of nitrogens with one attached hydrogen (secondary N) is 2. The molecule has 0 atom stereocenters. The second kappa shape index (κ2) is 15.2. The van der Waals surface area contributed by atoms with E-state index in [4.69, 9.17) is 0 Å². The van der Waals surface area contributed by atoms with E-state index in [0.29, 0.717) is 53.9 Å². The Hall–Kier alpha value is -5.00. The highest BCUT2D eigenvalue weighted by Gasteiger charge is 2.72. The van der Waals surface area contributed by atoms with Crippen LogP contribution >= 0.6 is 0 Å². The van der Waals surface area contributed by atoms with Crippen LogP contribution in [0.15, 0.2) is 84.9 Å². The predicted octanol–water partition coefficient (Wildman–Crippen LogP) is 11.4. The van der Waals surface area contributed by atoms with Gasteiger partial charge in [-0.1, -0.05) is 83.1 Å². The smallest absolute Gasteiger partial charge is 0.411 e. The fourth-order valence-corrected chi connectivity index (χ4v) is 6.23. The number of rotatable bonds is 13. The van der Waals surface area contributed by atoms with Crippen molar-refractivity contribution in [2.24, 2.45) is 5.41 Å². The van der Waals surface area contributed by atoms with E-state index in [2.05, 4.69) is 10.6 Å². The molecule has 4 N–H and O–H groups in total. The summed E-state index contributed by atoms with van der Waals surface area (Å²) in [4.78, 5) is 26.1. The SMILES string of the molecule is CCC(C)(CC)Nc1ccc(-c2ccc(NC(=O)c3ccc(C(c4ccc(C(=O)C(C)(CC)CC)cc4)(C(F)(F)F)C(F)(F)F)cc3)c(O)c2)cc1O. The molecule has 0 aliphatic heterocycles. The van der Waals surface area contributed by atoms with Gasteiger partial charge in [-0.3, -0.25) is 9.59 Å². The number of phenols is 2. The summed E-state index contributed by atoms with van der Waals surface area (Å²) in [5.41, 5.74) is -6.58. The Morgan fingerprint density at radius 2 is 1.00 bits per heavy atom. The van der Waals surface area contributed by atoms with Gasteiger partial charge in [0.1, 0.15) is 11.5 Å². The fraction of sp³-hybridized carbons (Fsp3) is 0.366. The van der Waals surface area contributed by atoms with E-state index in [-0.39, 0.29) is 39.6 Å². The van der Waals surface area contributed by atoms with Crippen LogP contribution in [-0.4, -0.2) is 39.8 Å². The van der Waals surface area contributed by atoms with Crippen LogP contribution in [0, 0.1) is 5.41 Å². The van der Waals surface area contributed by atoms with E-state index >= 15 is 0 Å². The third kappa shape index (κ3) is 7.87. The Kier molecular flexibility index (Phi) is 11.7. The number of halogens is 6. The van der Waals surface area contributed by atoms with Gasteiger partial charge in [-0.25, -0.2) is 0 Å². The zero-order valence-corrected chi connectivity index (χ0v) is 30.4. The van der Waals surface area contributed by atoms with Crippen molar-refractivity contribution in [3.63, 3.8) is 0 Å². The fourth-order valence-electron chi connectivity index (χ4n) is 6.23. The molecule has 0 aliphatic rings. The Morgan fingerprint density at radius 1 is 0.585 bits per heavy atom. The molecular weight excluding hydrogens is 698 g/mol. The third-order valence-corrected chi connectivity index (χ3v) is 10.7. The van der Waals surface area contributed by atoms with Gasteiger partial charge in [-0.05, 0) is 91.3 Å². The highest BCUT2D eigenvalue weighted by molar-refractivity contribution is 6.05. The molecule has 6 nitrogen and oxygen atoms in total. The zero-order chi connectivity index (χ0) is 39.6. The van der Waals surface area contributed by atoms with Crippen molar-refractivity contribution in [1.29, 1.82) is 0 Å². The summed E-state index contributed by atoms with van der Waals surface area (Å²) < 4.78 is 88.6. The Bertz CT molecular complexity index is 1910. The first-order valence-electron chi connectivity index (χ1n) is 17.4. The zero-order valence-electron chi connectivity index (χ0n) is 30.4. The average Bonchev–Trinajstić information content (AvgIpc) is 3.12. The highest BCUT2D eigenvalue weighted by atomic mass is 19.4. The lowest BCUT2D eigenvalue weighted by molar-refractivity contribution is -0.288. The van der Waals surface area contributed by atoms with Crippen molar-refractivity contribution in [3.05, 3.63) is 107 Å². The second-order valence-electron chi connectivity index (χ2n) is 13.8. The monoisotopic (exact) mass is 742 g/mol. The Labute approximate surface area is 305 Å². The van der Waals surface area contributed by atoms with Crippen LogP contribution in [0.3, 0.4) is 0 Å². The minimum atomic E-state index is -5.87. The minimum Gasteiger partial charge on any atom is -0.506 e. The minimum absolute atomic E-state index is 0.00294. The van der Waals surface area contributed by atoms with Crippen LogP contribution in [0.5, 0.6) is 11.5 Å². The maximum Gasteiger partial charge on any atom is 0.411 e. The molecular formula is C41H44F6N2O4. The molecule has 12 heteroatoms. The van der Waals surface area contributed by atoms with Crippen molar-refractivity contribution in [1.82, 2.24) is 0 Å². The first kappa shape index (κ1) is 40.8. The van der Waals surface area contributed by atoms with Gasteiger partial charge in [0.25, 0.3) is 5.91 Å². The largest absolute Gasteiger partial charge is 0.506 e. The van der Waals surface area contributed by atoms with Crippen molar-refractivity contribution in [2.75, 3.05) is 10.6 Å². The molecule has 0 radical (unpaired) electrons.